The number of carbonyl (C=O) groups is 1. The summed E-state index contributed by atoms with van der Waals surface area (Å²) in [7, 11) is 0. The van der Waals surface area contributed by atoms with Crippen LogP contribution in [-0.4, -0.2) is 22.1 Å². The van der Waals surface area contributed by atoms with Crippen molar-refractivity contribution < 1.29 is 15.4 Å². The van der Waals surface area contributed by atoms with Crippen molar-refractivity contribution in [2.45, 2.75) is 12.4 Å². The van der Waals surface area contributed by atoms with E-state index in [2.05, 4.69) is 4.98 Å². The molecule has 4 heteroatoms. The largest absolute Gasteiger partial charge is 0.480 e. The second kappa shape index (κ2) is 3.74. The number of fused-ring (bicyclic) bond motifs is 1. The Bertz CT molecular complexity index is 666. The fraction of sp³-hybridized carbons (Fsp3) is 0.182. The molecular formula is C11H12N2O2. The number of para-hydroxylation sites is 1. The molecule has 1 heterocycles. The van der Waals surface area contributed by atoms with Crippen molar-refractivity contribution in [2.75, 3.05) is 0 Å². The molecule has 0 unspecified atom stereocenters. The van der Waals surface area contributed by atoms with Crippen molar-refractivity contribution in [3.05, 3.63) is 36.0 Å². The van der Waals surface area contributed by atoms with Crippen molar-refractivity contribution in [1.82, 2.24) is 4.98 Å². The van der Waals surface area contributed by atoms with Crippen molar-refractivity contribution in [3.63, 3.8) is 0 Å². The van der Waals surface area contributed by atoms with Gasteiger partial charge < -0.3 is 15.8 Å². The van der Waals surface area contributed by atoms with E-state index < -0.39 is 12.0 Å². The van der Waals surface area contributed by atoms with E-state index in [1.807, 2.05) is 0 Å². The molecule has 1 atom stereocenters. The molecule has 0 radical (unpaired) electrons. The number of nitrogens with one attached hydrogen (secondary N) is 1. The van der Waals surface area contributed by atoms with Crippen LogP contribution in [0.1, 0.15) is 11.0 Å². The van der Waals surface area contributed by atoms with Gasteiger partial charge in [0.2, 0.25) is 0 Å². The molecule has 4 N–H and O–H groups in total. The number of benzene rings is 1. The molecule has 78 valence electrons. The zero-order valence-electron chi connectivity index (χ0n) is 11.8. The molecule has 0 bridgehead atoms. The third kappa shape index (κ3) is 1.85. The Hall–Kier alpha value is -1.81. The third-order valence-corrected chi connectivity index (χ3v) is 2.11. The Morgan fingerprint density at radius 1 is 1.80 bits per heavy atom. The lowest BCUT2D eigenvalue weighted by Crippen LogP contribution is -2.32. The van der Waals surface area contributed by atoms with Gasteiger partial charge in [0.25, 0.3) is 0 Å². The maximum absolute atomic E-state index is 10.9. The number of nitrogens with two attached hydrogens (primary N) is 1. The molecule has 1 aromatic heterocycles. The van der Waals surface area contributed by atoms with E-state index >= 15 is 0 Å². The minimum Gasteiger partial charge on any atom is -0.480 e. The van der Waals surface area contributed by atoms with Gasteiger partial charge in [0.05, 0.1) is 5.48 Å². The van der Waals surface area contributed by atoms with Gasteiger partial charge in [-0.25, -0.2) is 0 Å². The highest BCUT2D eigenvalue weighted by molar-refractivity contribution is 5.84. The van der Waals surface area contributed by atoms with Gasteiger partial charge in [-0.2, -0.15) is 0 Å². The van der Waals surface area contributed by atoms with E-state index in [4.69, 9.17) is 16.3 Å². The molecule has 0 aliphatic heterocycles. The van der Waals surface area contributed by atoms with Crippen molar-refractivity contribution >= 4 is 16.9 Å². The van der Waals surface area contributed by atoms with Crippen LogP contribution in [0.5, 0.6) is 0 Å². The van der Waals surface area contributed by atoms with Crippen molar-refractivity contribution in [2.24, 2.45) is 5.73 Å². The first kappa shape index (κ1) is 5.92. The van der Waals surface area contributed by atoms with Gasteiger partial charge in [0.15, 0.2) is 0 Å². The minimum absolute atomic E-state index is 0.00317. The number of aliphatic carboxylic acids is 1. The summed E-state index contributed by atoms with van der Waals surface area (Å²) in [5.74, 6) is -1.48. The number of carboxylic acid groups (broad SMARTS) is 1. The second-order valence-electron chi connectivity index (χ2n) is 3.13. The molecule has 0 aliphatic carbocycles. The number of aromatic nitrogens is 1. The normalized spacial score (nSPS) is 18.7. The number of carboxylic acids is 1. The predicted molar refractivity (Wildman–Crippen MR) is 57.6 cm³/mol. The first-order valence-corrected chi connectivity index (χ1v) is 4.33. The molecule has 15 heavy (non-hydrogen) atoms. The number of H-pyrrole nitrogens is 1. The molecular weight excluding hydrogens is 196 g/mol. The standard InChI is InChI=1S/C11H12N2O2/c12-9(11(14)15)5-7-6-13-10-4-2-1-3-8(7)10/h1-4,6,9,13H,5,12H2,(H,14,15)/t9-/m0/s1/i2+1D,4+1D,6+1D,9+1D. The topological polar surface area (TPSA) is 79.1 Å². The maximum Gasteiger partial charge on any atom is 0.320 e. The highest BCUT2D eigenvalue weighted by Crippen LogP contribution is 2.18. The van der Waals surface area contributed by atoms with Gasteiger partial charge in [0, 0.05) is 23.5 Å². The molecule has 2 rings (SSSR count). The number of hydrogen-bond donors (Lipinski definition) is 3. The van der Waals surface area contributed by atoms with Gasteiger partial charge in [-0.3, -0.25) is 4.79 Å². The van der Waals surface area contributed by atoms with E-state index in [1.54, 1.807) is 0 Å². The molecule has 0 saturated carbocycles. The second-order valence-corrected chi connectivity index (χ2v) is 3.13. The zero-order chi connectivity index (χ0) is 14.4. The van der Waals surface area contributed by atoms with Gasteiger partial charge in [-0.05, 0) is 11.6 Å². The Morgan fingerprint density at radius 2 is 2.60 bits per heavy atom. The summed E-state index contributed by atoms with van der Waals surface area (Å²) in [6, 6.07) is 0.623. The van der Waals surface area contributed by atoms with Crippen LogP contribution in [0.15, 0.2) is 30.4 Å². The van der Waals surface area contributed by atoms with Crippen LogP contribution in [0, 0.1) is 0 Å². The van der Waals surface area contributed by atoms with Crippen LogP contribution in [0.4, 0.5) is 0 Å². The summed E-state index contributed by atoms with van der Waals surface area (Å²) in [6.45, 7) is 0. The zero-order valence-corrected chi connectivity index (χ0v) is 7.79. The molecule has 0 amide bonds. The Kier molecular flexibility index (Phi) is 1.48. The maximum atomic E-state index is 10.9. The van der Waals surface area contributed by atoms with Crippen LogP contribution in [0.2, 0.25) is 0 Å². The van der Waals surface area contributed by atoms with Crippen LogP contribution in [0.25, 0.3) is 10.9 Å². The Morgan fingerprint density at radius 3 is 3.33 bits per heavy atom. The molecule has 0 saturated heterocycles. The van der Waals surface area contributed by atoms with E-state index in [0.717, 1.165) is 0 Å². The average molecular weight is 212 g/mol. The van der Waals surface area contributed by atoms with Crippen LogP contribution >= 0.6 is 0 Å². The number of aromatic amines is 1. The highest BCUT2D eigenvalue weighted by atomic mass is 16.4. The molecule has 1 aromatic carbocycles. The quantitative estimate of drug-likeness (QED) is 0.667. The van der Waals surface area contributed by atoms with E-state index in [-0.39, 0.29) is 35.8 Å². The van der Waals surface area contributed by atoms with Crippen molar-refractivity contribution in [1.29, 1.82) is 0 Å². The Balaban J connectivity index is 2.59. The minimum atomic E-state index is -2.23. The first-order valence-electron chi connectivity index (χ1n) is 6.33. The fourth-order valence-corrected chi connectivity index (χ4v) is 1.35. The monoisotopic (exact) mass is 212 g/mol. The summed E-state index contributed by atoms with van der Waals surface area (Å²) in [5.41, 5.74) is 5.92. The molecule has 0 spiro atoms. The molecule has 0 fully saturated rings. The molecule has 2 aromatic rings. The summed E-state index contributed by atoms with van der Waals surface area (Å²) in [5, 5.41) is 9.30. The third-order valence-electron chi connectivity index (χ3n) is 2.11. The highest BCUT2D eigenvalue weighted by Gasteiger charge is 2.14. The fourth-order valence-electron chi connectivity index (χ4n) is 1.35. The van der Waals surface area contributed by atoms with E-state index in [0.29, 0.717) is 5.39 Å². The van der Waals surface area contributed by atoms with Gasteiger partial charge in [0.1, 0.15) is 6.02 Å². The lowest BCUT2D eigenvalue weighted by Gasteiger charge is -2.04. The van der Waals surface area contributed by atoms with E-state index in [1.165, 1.54) is 12.1 Å². The average Bonchev–Trinajstić information content (AvgIpc) is 2.61. The van der Waals surface area contributed by atoms with Crippen molar-refractivity contribution in [3.8, 4) is 0 Å². The van der Waals surface area contributed by atoms with Gasteiger partial charge in [-0.1, -0.05) is 18.2 Å². The van der Waals surface area contributed by atoms with E-state index in [9.17, 15) is 4.79 Å². The summed E-state index contributed by atoms with van der Waals surface area (Å²) in [6.07, 6.45) is -0.435. The predicted octanol–water partition coefficient (Wildman–Crippen LogP) is 1.12. The molecule has 0 aliphatic rings. The van der Waals surface area contributed by atoms with Gasteiger partial charge in [-0.15, -0.1) is 0 Å². The van der Waals surface area contributed by atoms with Crippen LogP contribution in [-0.2, 0) is 11.2 Å². The molecule has 4 nitrogen and oxygen atoms in total. The number of hydrogen-bond acceptors (Lipinski definition) is 2. The van der Waals surface area contributed by atoms with Crippen LogP contribution in [0.3, 0.4) is 0 Å². The SMILES string of the molecule is [2H][13c]1[nH]c2c(cc[13c]([2H])[13c]2[2H])c1C[13C@]([2H])(N)C(=O)O. The lowest BCUT2D eigenvalue weighted by molar-refractivity contribution is -0.138. The smallest absolute Gasteiger partial charge is 0.320 e. The number of rotatable bonds is 3. The van der Waals surface area contributed by atoms with Gasteiger partial charge >= 0.3 is 5.97 Å². The first-order chi connectivity index (χ1) is 8.74. The lowest BCUT2D eigenvalue weighted by atomic mass is 10.2. The summed E-state index contributed by atoms with van der Waals surface area (Å²) in [4.78, 5) is 13.5. The summed E-state index contributed by atoms with van der Waals surface area (Å²) >= 11 is 0. The summed E-state index contributed by atoms with van der Waals surface area (Å²) < 4.78 is 30.5. The Labute approximate surface area is 92.3 Å². The van der Waals surface area contributed by atoms with Crippen LogP contribution < -0.4 is 5.73 Å².